The summed E-state index contributed by atoms with van der Waals surface area (Å²) < 4.78 is 31.8. The number of aliphatic hydroxyl groups excluding tert-OH is 1. The highest BCUT2D eigenvalue weighted by atomic mass is 35.5. The van der Waals surface area contributed by atoms with Crippen molar-refractivity contribution in [1.29, 1.82) is 0 Å². The van der Waals surface area contributed by atoms with Gasteiger partial charge in [-0.05, 0) is 31.0 Å². The van der Waals surface area contributed by atoms with Gasteiger partial charge in [0, 0.05) is 12.6 Å². The molecule has 0 heterocycles. The van der Waals surface area contributed by atoms with E-state index in [0.29, 0.717) is 18.6 Å². The monoisotopic (exact) mass is 307 g/mol. The molecule has 0 amide bonds. The molecule has 0 aliphatic heterocycles. The predicted molar refractivity (Wildman–Crippen MR) is 74.1 cm³/mol. The van der Waals surface area contributed by atoms with E-state index in [2.05, 4.69) is 4.72 Å². The van der Waals surface area contributed by atoms with Gasteiger partial charge in [-0.2, -0.15) is 0 Å². The molecule has 0 saturated carbocycles. The first-order chi connectivity index (χ1) is 8.94. The summed E-state index contributed by atoms with van der Waals surface area (Å²) in [6.07, 6.45) is 0.975. The summed E-state index contributed by atoms with van der Waals surface area (Å²) in [5.41, 5.74) is 0. The molecule has 0 aromatic heterocycles. The molecule has 0 bridgehead atoms. The topological polar surface area (TPSA) is 75.6 Å². The lowest BCUT2D eigenvalue weighted by molar-refractivity contribution is 0.270. The number of hydrogen-bond acceptors (Lipinski definition) is 4. The second-order valence-electron chi connectivity index (χ2n) is 4.04. The molecule has 0 saturated heterocycles. The molecule has 1 aromatic rings. The molecule has 1 aromatic carbocycles. The summed E-state index contributed by atoms with van der Waals surface area (Å²) in [6.45, 7) is 1.79. The second-order valence-corrected chi connectivity index (χ2v) is 6.16. The Kier molecular flexibility index (Phi) is 6.06. The Labute approximate surface area is 118 Å². The lowest BCUT2D eigenvalue weighted by atomic mass is 10.2. The van der Waals surface area contributed by atoms with E-state index in [1.54, 1.807) is 0 Å². The minimum atomic E-state index is -3.64. The number of sulfonamides is 1. The third-order valence-corrected chi connectivity index (χ3v) is 4.54. The number of halogens is 1. The molecule has 5 nitrogen and oxygen atoms in total. The third kappa shape index (κ3) is 4.35. The van der Waals surface area contributed by atoms with Crippen molar-refractivity contribution in [3.8, 4) is 5.75 Å². The Morgan fingerprint density at radius 3 is 2.63 bits per heavy atom. The van der Waals surface area contributed by atoms with Crippen molar-refractivity contribution in [2.24, 2.45) is 0 Å². The molecule has 19 heavy (non-hydrogen) atoms. The summed E-state index contributed by atoms with van der Waals surface area (Å²) in [5, 5.41) is 9.11. The molecule has 0 aliphatic rings. The van der Waals surface area contributed by atoms with E-state index in [0.717, 1.165) is 0 Å². The van der Waals surface area contributed by atoms with Crippen molar-refractivity contribution in [3.05, 3.63) is 23.2 Å². The number of hydrogen-bond donors (Lipinski definition) is 2. The van der Waals surface area contributed by atoms with E-state index in [-0.39, 0.29) is 22.6 Å². The van der Waals surface area contributed by atoms with Crippen molar-refractivity contribution in [2.75, 3.05) is 13.7 Å². The number of benzene rings is 1. The SMILES string of the molecule is CCC(CCO)NS(=O)(=O)c1ccc(OC)c(Cl)c1. The van der Waals surface area contributed by atoms with Crippen LogP contribution in [0.25, 0.3) is 0 Å². The fourth-order valence-electron chi connectivity index (χ4n) is 1.60. The van der Waals surface area contributed by atoms with Crippen LogP contribution in [0.1, 0.15) is 19.8 Å². The summed E-state index contributed by atoms with van der Waals surface area (Å²) in [7, 11) is -2.18. The van der Waals surface area contributed by atoms with Crippen LogP contribution >= 0.6 is 11.6 Å². The van der Waals surface area contributed by atoms with Gasteiger partial charge in [-0.1, -0.05) is 18.5 Å². The summed E-state index contributed by atoms with van der Waals surface area (Å²) in [4.78, 5) is 0.0784. The minimum absolute atomic E-state index is 0.0651. The van der Waals surface area contributed by atoms with E-state index in [9.17, 15) is 8.42 Å². The van der Waals surface area contributed by atoms with Gasteiger partial charge >= 0.3 is 0 Å². The molecule has 7 heteroatoms. The molecule has 1 atom stereocenters. The first-order valence-corrected chi connectivity index (χ1v) is 7.77. The van der Waals surface area contributed by atoms with Crippen molar-refractivity contribution in [1.82, 2.24) is 4.72 Å². The zero-order valence-electron chi connectivity index (χ0n) is 10.9. The van der Waals surface area contributed by atoms with Gasteiger partial charge in [-0.25, -0.2) is 13.1 Å². The average molecular weight is 308 g/mol. The minimum Gasteiger partial charge on any atom is -0.495 e. The second kappa shape index (κ2) is 7.09. The van der Waals surface area contributed by atoms with Gasteiger partial charge in [-0.3, -0.25) is 0 Å². The quantitative estimate of drug-likeness (QED) is 0.805. The number of rotatable bonds is 7. The zero-order valence-corrected chi connectivity index (χ0v) is 12.5. The highest BCUT2D eigenvalue weighted by Crippen LogP contribution is 2.27. The molecule has 1 rings (SSSR count). The highest BCUT2D eigenvalue weighted by molar-refractivity contribution is 7.89. The number of aliphatic hydroxyl groups is 1. The standard InChI is InChI=1S/C12H18ClNO4S/c1-3-9(6-7-15)14-19(16,17)10-4-5-12(18-2)11(13)8-10/h4-5,8-9,14-15H,3,6-7H2,1-2H3. The van der Waals surface area contributed by atoms with Gasteiger partial charge in [0.2, 0.25) is 10.0 Å². The Morgan fingerprint density at radius 2 is 2.16 bits per heavy atom. The average Bonchev–Trinajstić information content (AvgIpc) is 2.37. The third-order valence-electron chi connectivity index (χ3n) is 2.73. The maximum atomic E-state index is 12.1. The lowest BCUT2D eigenvalue weighted by Gasteiger charge is -2.16. The van der Waals surface area contributed by atoms with Crippen LogP contribution in [-0.2, 0) is 10.0 Å². The number of ether oxygens (including phenoxy) is 1. The van der Waals surface area contributed by atoms with E-state index in [1.165, 1.54) is 25.3 Å². The summed E-state index contributed by atoms with van der Waals surface area (Å²) in [6, 6.07) is 3.98. The maximum absolute atomic E-state index is 12.1. The molecular weight excluding hydrogens is 290 g/mol. The van der Waals surface area contributed by atoms with Crippen molar-refractivity contribution in [2.45, 2.75) is 30.7 Å². The van der Waals surface area contributed by atoms with Crippen molar-refractivity contribution in [3.63, 3.8) is 0 Å². The van der Waals surface area contributed by atoms with Crippen molar-refractivity contribution < 1.29 is 18.3 Å². The van der Waals surface area contributed by atoms with Gasteiger partial charge < -0.3 is 9.84 Å². The van der Waals surface area contributed by atoms with Gasteiger partial charge in [0.05, 0.1) is 17.0 Å². The van der Waals surface area contributed by atoms with Crippen LogP contribution in [0.2, 0.25) is 5.02 Å². The first kappa shape index (κ1) is 16.2. The molecule has 2 N–H and O–H groups in total. The molecule has 0 radical (unpaired) electrons. The molecule has 0 spiro atoms. The van der Waals surface area contributed by atoms with Crippen LogP contribution < -0.4 is 9.46 Å². The van der Waals surface area contributed by atoms with Crippen LogP contribution in [0.4, 0.5) is 0 Å². The van der Waals surface area contributed by atoms with E-state index >= 15 is 0 Å². The predicted octanol–water partition coefficient (Wildman–Crippen LogP) is 1.79. The summed E-state index contributed by atoms with van der Waals surface area (Å²) in [5.74, 6) is 0.419. The molecule has 108 valence electrons. The largest absolute Gasteiger partial charge is 0.495 e. The first-order valence-electron chi connectivity index (χ1n) is 5.91. The van der Waals surface area contributed by atoms with Gasteiger partial charge in [0.25, 0.3) is 0 Å². The van der Waals surface area contributed by atoms with Crippen LogP contribution in [-0.4, -0.2) is 33.3 Å². The lowest BCUT2D eigenvalue weighted by Crippen LogP contribution is -2.35. The molecule has 1 unspecified atom stereocenters. The number of methoxy groups -OCH3 is 1. The van der Waals surface area contributed by atoms with Crippen LogP contribution in [0.5, 0.6) is 5.75 Å². The smallest absolute Gasteiger partial charge is 0.240 e. The van der Waals surface area contributed by atoms with Crippen molar-refractivity contribution >= 4 is 21.6 Å². The molecule has 0 aliphatic carbocycles. The highest BCUT2D eigenvalue weighted by Gasteiger charge is 2.19. The van der Waals surface area contributed by atoms with Gasteiger partial charge in [0.1, 0.15) is 5.75 Å². The fourth-order valence-corrected chi connectivity index (χ4v) is 3.31. The van der Waals surface area contributed by atoms with Gasteiger partial charge in [0.15, 0.2) is 0 Å². The van der Waals surface area contributed by atoms with E-state index in [1.807, 2.05) is 6.92 Å². The Morgan fingerprint density at radius 1 is 1.47 bits per heavy atom. The number of nitrogens with one attached hydrogen (secondary N) is 1. The Bertz CT molecular complexity index is 518. The van der Waals surface area contributed by atoms with E-state index < -0.39 is 10.0 Å². The Balaban J connectivity index is 2.96. The van der Waals surface area contributed by atoms with Crippen LogP contribution in [0, 0.1) is 0 Å². The Hall–Kier alpha value is -0.820. The zero-order chi connectivity index (χ0) is 14.5. The van der Waals surface area contributed by atoms with Crippen LogP contribution in [0.15, 0.2) is 23.1 Å². The summed E-state index contributed by atoms with van der Waals surface area (Å²) >= 11 is 5.91. The van der Waals surface area contributed by atoms with Gasteiger partial charge in [-0.15, -0.1) is 0 Å². The molecular formula is C12H18ClNO4S. The fraction of sp³-hybridized carbons (Fsp3) is 0.500. The van der Waals surface area contributed by atoms with E-state index in [4.69, 9.17) is 21.4 Å². The normalized spacial score (nSPS) is 13.3. The van der Waals surface area contributed by atoms with Crippen LogP contribution in [0.3, 0.4) is 0 Å². The molecule has 0 fully saturated rings. The maximum Gasteiger partial charge on any atom is 0.240 e.